The molecule has 1 atom stereocenters. The molecule has 0 bridgehead atoms. The van der Waals surface area contributed by atoms with Crippen LogP contribution in [0.3, 0.4) is 0 Å². The summed E-state index contributed by atoms with van der Waals surface area (Å²) in [6.45, 7) is 6.95. The van der Waals surface area contributed by atoms with E-state index in [-0.39, 0.29) is 18.5 Å². The average molecular weight is 554 g/mol. The molecule has 1 saturated heterocycles. The first-order valence-corrected chi connectivity index (χ1v) is 12.3. The van der Waals surface area contributed by atoms with Crippen LogP contribution in [0.1, 0.15) is 41.9 Å². The number of carbonyl (C=O) groups is 3. The highest BCUT2D eigenvalue weighted by molar-refractivity contribution is 5.96. The zero-order chi connectivity index (χ0) is 30.0. The van der Waals surface area contributed by atoms with Crippen molar-refractivity contribution >= 4 is 29.6 Å². The molecule has 1 aromatic heterocycles. The number of anilines is 1. The van der Waals surface area contributed by atoms with Crippen molar-refractivity contribution in [3.05, 3.63) is 76.6 Å². The molecular weight excluding hydrogens is 518 g/mol. The lowest BCUT2D eigenvalue weighted by Crippen LogP contribution is -2.26. The Morgan fingerprint density at radius 1 is 1.07 bits per heavy atom. The van der Waals surface area contributed by atoms with Crippen molar-refractivity contribution in [1.29, 1.82) is 5.41 Å². The summed E-state index contributed by atoms with van der Waals surface area (Å²) < 4.78 is 13.2. The molecule has 2 heterocycles. The van der Waals surface area contributed by atoms with E-state index < -0.39 is 18.0 Å². The number of cyclic esters (lactones) is 1. The second-order valence-corrected chi connectivity index (χ2v) is 9.02. The number of nitrogens with zero attached hydrogens (tertiary/aromatic N) is 3. The second-order valence-electron chi connectivity index (χ2n) is 9.02. The van der Waals surface area contributed by atoms with E-state index >= 15 is 0 Å². The Balaban J connectivity index is 0.000000621. The largest absolute Gasteiger partial charge is 0.490 e. The molecule has 1 aliphatic rings. The number of carboxylic acids is 2. The van der Waals surface area contributed by atoms with Gasteiger partial charge in [0.25, 0.3) is 11.9 Å². The fraction of sp³-hybridized carbons (Fsp3) is 0.321. The van der Waals surface area contributed by atoms with Crippen LogP contribution >= 0.6 is 0 Å². The first kappa shape index (κ1) is 31.3. The highest BCUT2D eigenvalue weighted by Crippen LogP contribution is 2.24. The number of amides is 1. The summed E-state index contributed by atoms with van der Waals surface area (Å²) in [6.07, 6.45) is 0.0470. The predicted octanol–water partition coefficient (Wildman–Crippen LogP) is 3.50. The molecule has 1 unspecified atom stereocenters. The van der Waals surface area contributed by atoms with Gasteiger partial charge >= 0.3 is 6.09 Å². The van der Waals surface area contributed by atoms with E-state index in [0.717, 1.165) is 31.7 Å². The van der Waals surface area contributed by atoms with Gasteiger partial charge in [0.05, 0.1) is 12.2 Å². The average Bonchev–Trinajstić information content (AvgIpc) is 3.36. The molecule has 214 valence electrons. The highest BCUT2D eigenvalue weighted by Gasteiger charge is 2.32. The van der Waals surface area contributed by atoms with Gasteiger partial charge in [-0.1, -0.05) is 12.1 Å². The number of carboxylic acid groups (broad SMARTS) is 2. The van der Waals surface area contributed by atoms with Crippen molar-refractivity contribution in [2.75, 3.05) is 18.1 Å². The molecule has 40 heavy (non-hydrogen) atoms. The molecule has 2 aromatic carbocycles. The van der Waals surface area contributed by atoms with Crippen LogP contribution in [-0.4, -0.2) is 63.1 Å². The van der Waals surface area contributed by atoms with Crippen molar-refractivity contribution in [3.63, 3.8) is 0 Å². The normalized spacial score (nSPS) is 13.8. The Morgan fingerprint density at radius 3 is 2.10 bits per heavy atom. The standard InChI is InChI=1S/C24H27N5O3.2C2H4O2/c1-15-22(16(2)28(3)27-15)12-17-4-10-20(11-5-17)31-14-21-13-29(24(30)32-21)19-8-6-18(7-9-19)23(25)26;2*1-2(3)4/h4-11,21H,12-14H2,1-3H3,(H3,25,26);2*1H3,(H,3,4). The maximum Gasteiger partial charge on any atom is 0.414 e. The Kier molecular flexibility index (Phi) is 11.2. The highest BCUT2D eigenvalue weighted by atomic mass is 16.6. The maximum atomic E-state index is 12.3. The number of nitrogen functional groups attached to an aromatic ring is 1. The molecule has 0 radical (unpaired) electrons. The number of nitrogens with two attached hydrogens (primary N) is 1. The van der Waals surface area contributed by atoms with E-state index in [4.69, 9.17) is 40.4 Å². The number of amidine groups is 1. The third kappa shape index (κ3) is 9.46. The molecule has 1 aliphatic heterocycles. The van der Waals surface area contributed by atoms with Gasteiger partial charge < -0.3 is 25.4 Å². The van der Waals surface area contributed by atoms with Crippen LogP contribution in [0.15, 0.2) is 48.5 Å². The number of hydrogen-bond donors (Lipinski definition) is 4. The van der Waals surface area contributed by atoms with E-state index in [1.54, 1.807) is 29.2 Å². The molecule has 4 rings (SSSR count). The number of nitrogens with one attached hydrogen (secondary N) is 1. The van der Waals surface area contributed by atoms with Gasteiger partial charge in [-0.25, -0.2) is 4.79 Å². The zero-order valence-corrected chi connectivity index (χ0v) is 23.2. The number of hydrogen-bond acceptors (Lipinski definition) is 7. The number of rotatable bonds is 7. The van der Waals surface area contributed by atoms with Crippen LogP contribution in [0.4, 0.5) is 10.5 Å². The molecular formula is C28H35N5O7. The van der Waals surface area contributed by atoms with Crippen molar-refractivity contribution in [1.82, 2.24) is 9.78 Å². The minimum Gasteiger partial charge on any atom is -0.490 e. The molecule has 0 saturated carbocycles. The summed E-state index contributed by atoms with van der Waals surface area (Å²) in [5.41, 5.74) is 11.4. The number of aryl methyl sites for hydroxylation is 2. The molecule has 1 amide bonds. The van der Waals surface area contributed by atoms with Gasteiger partial charge in [0.15, 0.2) is 6.10 Å². The topological polar surface area (TPSA) is 181 Å². The molecule has 12 heteroatoms. The fourth-order valence-electron chi connectivity index (χ4n) is 3.81. The van der Waals surface area contributed by atoms with Crippen LogP contribution in [0.2, 0.25) is 0 Å². The fourth-order valence-corrected chi connectivity index (χ4v) is 3.81. The molecule has 0 spiro atoms. The van der Waals surface area contributed by atoms with E-state index in [0.29, 0.717) is 17.8 Å². The second kappa shape index (κ2) is 14.3. The summed E-state index contributed by atoms with van der Waals surface area (Å²) >= 11 is 0. The third-order valence-corrected chi connectivity index (χ3v) is 5.76. The van der Waals surface area contributed by atoms with Gasteiger partial charge in [0, 0.05) is 49.8 Å². The van der Waals surface area contributed by atoms with Crippen molar-refractivity contribution < 1.29 is 34.1 Å². The number of ether oxygens (including phenoxy) is 2. The molecule has 5 N–H and O–H groups in total. The van der Waals surface area contributed by atoms with Crippen LogP contribution in [0, 0.1) is 19.3 Å². The van der Waals surface area contributed by atoms with Gasteiger partial charge in [0.1, 0.15) is 18.2 Å². The maximum absolute atomic E-state index is 12.3. The number of carbonyl (C=O) groups excluding carboxylic acids is 1. The van der Waals surface area contributed by atoms with E-state index in [2.05, 4.69) is 12.0 Å². The number of aliphatic carboxylic acids is 2. The van der Waals surface area contributed by atoms with Crippen LogP contribution < -0.4 is 15.4 Å². The lowest BCUT2D eigenvalue weighted by Gasteiger charge is -2.14. The summed E-state index contributed by atoms with van der Waals surface area (Å²) in [7, 11) is 1.96. The van der Waals surface area contributed by atoms with Gasteiger partial charge in [-0.3, -0.25) is 24.6 Å². The van der Waals surface area contributed by atoms with Gasteiger partial charge in [0.2, 0.25) is 0 Å². The summed E-state index contributed by atoms with van der Waals surface area (Å²) in [6, 6.07) is 14.9. The van der Waals surface area contributed by atoms with Gasteiger partial charge in [-0.15, -0.1) is 0 Å². The van der Waals surface area contributed by atoms with E-state index in [9.17, 15) is 4.79 Å². The lowest BCUT2D eigenvalue weighted by atomic mass is 10.0. The van der Waals surface area contributed by atoms with Crippen LogP contribution in [0.5, 0.6) is 5.75 Å². The molecule has 1 fully saturated rings. The minimum atomic E-state index is -0.833. The number of benzene rings is 2. The summed E-state index contributed by atoms with van der Waals surface area (Å²) in [4.78, 5) is 31.8. The van der Waals surface area contributed by atoms with E-state index in [1.807, 2.05) is 42.9 Å². The van der Waals surface area contributed by atoms with Crippen molar-refractivity contribution in [2.45, 2.75) is 40.2 Å². The molecule has 0 aliphatic carbocycles. The lowest BCUT2D eigenvalue weighted by molar-refractivity contribution is -0.135. The van der Waals surface area contributed by atoms with Crippen LogP contribution in [-0.2, 0) is 27.8 Å². The summed E-state index contributed by atoms with van der Waals surface area (Å²) in [5.74, 6) is -0.947. The Bertz CT molecular complexity index is 1310. The first-order valence-electron chi connectivity index (χ1n) is 12.3. The first-order chi connectivity index (χ1) is 18.8. The van der Waals surface area contributed by atoms with Gasteiger partial charge in [-0.2, -0.15) is 5.10 Å². The third-order valence-electron chi connectivity index (χ3n) is 5.76. The van der Waals surface area contributed by atoms with Gasteiger partial charge in [-0.05, 0) is 55.8 Å². The Morgan fingerprint density at radius 2 is 1.62 bits per heavy atom. The minimum absolute atomic E-state index is 0.0106. The monoisotopic (exact) mass is 553 g/mol. The summed E-state index contributed by atoms with van der Waals surface area (Å²) in [5, 5.41) is 26.8. The number of aromatic nitrogens is 2. The SMILES string of the molecule is CC(=O)O.CC(=O)O.Cc1nn(C)c(C)c1Cc1ccc(OCC2CN(c3ccc(C(=N)N)cc3)C(=O)O2)cc1. The predicted molar refractivity (Wildman–Crippen MR) is 149 cm³/mol. The van der Waals surface area contributed by atoms with Crippen molar-refractivity contribution in [2.24, 2.45) is 12.8 Å². The Hall–Kier alpha value is -4.87. The Labute approximate surface area is 232 Å². The quantitative estimate of drug-likeness (QED) is 0.251. The molecule has 12 nitrogen and oxygen atoms in total. The smallest absolute Gasteiger partial charge is 0.414 e. The van der Waals surface area contributed by atoms with Crippen molar-refractivity contribution in [3.8, 4) is 5.75 Å². The molecule has 3 aromatic rings. The van der Waals surface area contributed by atoms with Crippen LogP contribution in [0.25, 0.3) is 0 Å². The zero-order valence-electron chi connectivity index (χ0n) is 23.2. The van der Waals surface area contributed by atoms with E-state index in [1.165, 1.54) is 16.8 Å².